The highest BCUT2D eigenvalue weighted by Gasteiger charge is 2.15. The van der Waals surface area contributed by atoms with Crippen molar-refractivity contribution in [2.24, 2.45) is 7.05 Å². The number of aromatic hydroxyl groups is 1. The van der Waals surface area contributed by atoms with Crippen molar-refractivity contribution in [1.82, 2.24) is 14.3 Å². The van der Waals surface area contributed by atoms with Gasteiger partial charge in [0.05, 0.1) is 11.9 Å². The van der Waals surface area contributed by atoms with Crippen molar-refractivity contribution in [2.75, 3.05) is 11.9 Å². The van der Waals surface area contributed by atoms with Gasteiger partial charge in [0.25, 0.3) is 5.56 Å². The molecular weight excluding hydrogens is 400 g/mol. The highest BCUT2D eigenvalue weighted by molar-refractivity contribution is 5.36. The topological polar surface area (TPSA) is 72.1 Å². The number of para-hydroxylation sites is 1. The first kappa shape index (κ1) is 23.6. The smallest absolute Gasteiger partial charge is 0.274 e. The molecule has 0 saturated carbocycles. The van der Waals surface area contributed by atoms with Gasteiger partial charge in [-0.05, 0) is 50.5 Å². The van der Waals surface area contributed by atoms with Crippen molar-refractivity contribution in [2.45, 2.75) is 64.7 Å². The number of nitrogens with one attached hydrogen (secondary N) is 1. The fraction of sp³-hybridized carbons (Fsp3) is 0.462. The Kier molecular flexibility index (Phi) is 8.96. The highest BCUT2D eigenvalue weighted by Crippen LogP contribution is 2.15. The van der Waals surface area contributed by atoms with E-state index >= 15 is 0 Å². The highest BCUT2D eigenvalue weighted by atomic mass is 16.3. The summed E-state index contributed by atoms with van der Waals surface area (Å²) in [5, 5.41) is 12.5. The summed E-state index contributed by atoms with van der Waals surface area (Å²) in [4.78, 5) is 17.1. The summed E-state index contributed by atoms with van der Waals surface area (Å²) in [5.41, 5.74) is 3.05. The first-order valence-electron chi connectivity index (χ1n) is 11.8. The van der Waals surface area contributed by atoms with E-state index in [1.807, 2.05) is 49.0 Å². The fourth-order valence-corrected chi connectivity index (χ4v) is 4.11. The predicted octanol–water partition coefficient (Wildman–Crippen LogP) is 5.36. The molecule has 2 aromatic heterocycles. The predicted molar refractivity (Wildman–Crippen MR) is 131 cm³/mol. The lowest BCUT2D eigenvalue weighted by Crippen LogP contribution is -2.20. The minimum atomic E-state index is 0.118. The monoisotopic (exact) mass is 436 g/mol. The summed E-state index contributed by atoms with van der Waals surface area (Å²) in [5.74, 6) is 1.01. The minimum absolute atomic E-state index is 0.118. The van der Waals surface area contributed by atoms with Gasteiger partial charge in [0.15, 0.2) is 0 Å². The molecule has 0 aliphatic heterocycles. The summed E-state index contributed by atoms with van der Waals surface area (Å²) in [6.45, 7) is 2.96. The Morgan fingerprint density at radius 1 is 0.906 bits per heavy atom. The lowest BCUT2D eigenvalue weighted by Gasteiger charge is -2.07. The fourth-order valence-electron chi connectivity index (χ4n) is 4.11. The molecule has 0 saturated heterocycles. The van der Waals surface area contributed by atoms with Crippen molar-refractivity contribution in [3.8, 4) is 11.4 Å². The van der Waals surface area contributed by atoms with Gasteiger partial charge >= 0.3 is 0 Å². The molecule has 0 aliphatic carbocycles. The zero-order valence-corrected chi connectivity index (χ0v) is 19.4. The van der Waals surface area contributed by atoms with Crippen LogP contribution in [0.2, 0.25) is 0 Å². The molecule has 32 heavy (non-hydrogen) atoms. The van der Waals surface area contributed by atoms with E-state index in [1.54, 1.807) is 16.8 Å². The molecule has 6 heteroatoms. The maximum atomic E-state index is 12.9. The van der Waals surface area contributed by atoms with Crippen LogP contribution < -0.4 is 10.9 Å². The quantitative estimate of drug-likeness (QED) is 0.354. The Labute approximate surface area is 190 Å². The van der Waals surface area contributed by atoms with Crippen LogP contribution in [-0.4, -0.2) is 26.0 Å². The maximum Gasteiger partial charge on any atom is 0.274 e. The van der Waals surface area contributed by atoms with Crippen molar-refractivity contribution >= 4 is 5.82 Å². The third kappa shape index (κ3) is 6.49. The van der Waals surface area contributed by atoms with Gasteiger partial charge in [-0.1, -0.05) is 56.7 Å². The van der Waals surface area contributed by atoms with E-state index in [-0.39, 0.29) is 11.3 Å². The number of hydrogen-bond donors (Lipinski definition) is 2. The van der Waals surface area contributed by atoms with Crippen LogP contribution in [0, 0.1) is 6.92 Å². The molecular formula is C26H36N4O2. The van der Waals surface area contributed by atoms with Crippen molar-refractivity contribution in [3.63, 3.8) is 0 Å². The Balaban J connectivity index is 1.28. The van der Waals surface area contributed by atoms with Crippen LogP contribution in [0.5, 0.6) is 5.75 Å². The van der Waals surface area contributed by atoms with Crippen molar-refractivity contribution in [3.05, 3.63) is 70.3 Å². The molecule has 2 heterocycles. The molecule has 1 aromatic carbocycles. The average molecular weight is 437 g/mol. The van der Waals surface area contributed by atoms with Crippen LogP contribution in [0.1, 0.15) is 62.6 Å². The Bertz CT molecular complexity index is 1010. The van der Waals surface area contributed by atoms with Crippen LogP contribution in [0.3, 0.4) is 0 Å². The lowest BCUT2D eigenvalue weighted by molar-refractivity contribution is 0.473. The third-order valence-corrected chi connectivity index (χ3v) is 6.08. The van der Waals surface area contributed by atoms with E-state index in [2.05, 4.69) is 10.3 Å². The van der Waals surface area contributed by atoms with Gasteiger partial charge in [-0.25, -0.2) is 9.67 Å². The number of unbranched alkanes of at least 4 members (excludes halogenated alkanes) is 7. The number of anilines is 1. The number of aromatic nitrogens is 3. The number of rotatable bonds is 13. The molecule has 0 bridgehead atoms. The molecule has 172 valence electrons. The lowest BCUT2D eigenvalue weighted by atomic mass is 10.0. The molecule has 2 N–H and O–H groups in total. The first-order valence-corrected chi connectivity index (χ1v) is 11.8. The first-order chi connectivity index (χ1) is 15.6. The maximum absolute atomic E-state index is 12.9. The van der Waals surface area contributed by atoms with Crippen LogP contribution in [0.25, 0.3) is 5.69 Å². The largest absolute Gasteiger partial charge is 0.506 e. The van der Waals surface area contributed by atoms with Gasteiger partial charge in [-0.2, -0.15) is 0 Å². The minimum Gasteiger partial charge on any atom is -0.506 e. The molecule has 0 aliphatic rings. The Hall–Kier alpha value is -3.02. The molecule has 0 amide bonds. The number of benzene rings is 1. The normalized spacial score (nSPS) is 11.1. The van der Waals surface area contributed by atoms with Crippen LogP contribution >= 0.6 is 0 Å². The summed E-state index contributed by atoms with van der Waals surface area (Å²) in [6.07, 6.45) is 11.9. The van der Waals surface area contributed by atoms with E-state index in [9.17, 15) is 9.90 Å². The molecule has 0 atom stereocenters. The van der Waals surface area contributed by atoms with E-state index < -0.39 is 0 Å². The second kappa shape index (κ2) is 12.1. The van der Waals surface area contributed by atoms with E-state index in [4.69, 9.17) is 0 Å². The van der Waals surface area contributed by atoms with Crippen LogP contribution in [-0.2, 0) is 13.5 Å². The van der Waals surface area contributed by atoms with Crippen molar-refractivity contribution in [1.29, 1.82) is 0 Å². The molecule has 0 fully saturated rings. The summed E-state index contributed by atoms with van der Waals surface area (Å²) in [7, 11) is 1.96. The van der Waals surface area contributed by atoms with E-state index in [1.165, 1.54) is 44.7 Å². The summed E-state index contributed by atoms with van der Waals surface area (Å²) in [6, 6.07) is 13.3. The molecule has 3 aromatic rings. The molecule has 0 spiro atoms. The molecule has 6 nitrogen and oxygen atoms in total. The van der Waals surface area contributed by atoms with Crippen LogP contribution in [0.4, 0.5) is 5.82 Å². The van der Waals surface area contributed by atoms with Gasteiger partial charge in [-0.3, -0.25) is 9.48 Å². The zero-order valence-electron chi connectivity index (χ0n) is 19.4. The van der Waals surface area contributed by atoms with Crippen LogP contribution in [0.15, 0.2) is 53.5 Å². The standard InChI is InChI=1S/C26H36N4O2/c1-21-24(26(32)30(29(21)2)22-14-10-9-11-15-22)16-12-7-5-3-4-6-8-13-19-27-25-18-17-23(31)20-28-25/h9-11,14-15,17-18,20,31H,3-8,12-13,16,19H2,1-2H3,(H,27,28). The second-order valence-electron chi connectivity index (χ2n) is 8.45. The van der Waals surface area contributed by atoms with Gasteiger partial charge in [0, 0.05) is 24.8 Å². The summed E-state index contributed by atoms with van der Waals surface area (Å²) >= 11 is 0. The van der Waals surface area contributed by atoms with Gasteiger partial charge in [0.2, 0.25) is 0 Å². The van der Waals surface area contributed by atoms with Gasteiger partial charge in [0.1, 0.15) is 11.6 Å². The molecule has 0 unspecified atom stereocenters. The number of hydrogen-bond acceptors (Lipinski definition) is 4. The Morgan fingerprint density at radius 3 is 2.22 bits per heavy atom. The third-order valence-electron chi connectivity index (χ3n) is 6.08. The molecule has 0 radical (unpaired) electrons. The van der Waals surface area contributed by atoms with Gasteiger partial charge < -0.3 is 10.4 Å². The second-order valence-corrected chi connectivity index (χ2v) is 8.45. The number of nitrogens with zero attached hydrogens (tertiary/aromatic N) is 3. The van der Waals surface area contributed by atoms with E-state index in [0.29, 0.717) is 0 Å². The summed E-state index contributed by atoms with van der Waals surface area (Å²) < 4.78 is 3.75. The SMILES string of the molecule is Cc1c(CCCCCCCCCCNc2ccc(O)cn2)c(=O)n(-c2ccccc2)n1C. The average Bonchev–Trinajstić information content (AvgIpc) is 3.02. The molecule has 3 rings (SSSR count). The van der Waals surface area contributed by atoms with Gasteiger partial charge in [-0.15, -0.1) is 0 Å². The van der Waals surface area contributed by atoms with Crippen molar-refractivity contribution < 1.29 is 5.11 Å². The Morgan fingerprint density at radius 2 is 1.56 bits per heavy atom. The number of pyridine rings is 1. The van der Waals surface area contributed by atoms with E-state index in [0.717, 1.165) is 48.6 Å². The zero-order chi connectivity index (χ0) is 22.8.